The second-order valence-electron chi connectivity index (χ2n) is 7.21. The van der Waals surface area contributed by atoms with E-state index < -0.39 is 5.72 Å². The normalized spacial score (nSPS) is 32.0. The molecule has 0 bridgehead atoms. The van der Waals surface area contributed by atoms with Crippen LogP contribution in [0.5, 0.6) is 0 Å². The monoisotopic (exact) mass is 352 g/mol. The fourth-order valence-electron chi connectivity index (χ4n) is 4.31. The lowest BCUT2D eigenvalue weighted by Gasteiger charge is -2.34. The van der Waals surface area contributed by atoms with Crippen LogP contribution < -0.4 is 0 Å². The number of nitrogens with one attached hydrogen (secondary N) is 1. The quantitative estimate of drug-likeness (QED) is 0.876. The van der Waals surface area contributed by atoms with Gasteiger partial charge in [0.1, 0.15) is 0 Å². The van der Waals surface area contributed by atoms with Gasteiger partial charge < -0.3 is 14.5 Å². The molecule has 0 aliphatic carbocycles. The van der Waals surface area contributed by atoms with Crippen LogP contribution in [0.1, 0.15) is 42.9 Å². The van der Waals surface area contributed by atoms with Crippen molar-refractivity contribution in [2.45, 2.75) is 51.4 Å². The summed E-state index contributed by atoms with van der Waals surface area (Å²) in [5.41, 5.74) is 0.213. The SMILES string of the molecule is Cc1[nH]nc(C(=O)N2CC[C@@]34OC[C@@H](C(C)C)N3C(=O)C[C@@H]24)c1Cl. The maximum Gasteiger partial charge on any atom is 0.276 e. The molecule has 1 aromatic rings. The molecule has 8 heteroatoms. The van der Waals surface area contributed by atoms with Crippen LogP contribution in [0.25, 0.3) is 0 Å². The molecule has 0 unspecified atom stereocenters. The molecule has 3 fully saturated rings. The first-order valence-electron chi connectivity index (χ1n) is 8.34. The fourth-order valence-corrected chi connectivity index (χ4v) is 4.47. The van der Waals surface area contributed by atoms with Crippen molar-refractivity contribution < 1.29 is 14.3 Å². The summed E-state index contributed by atoms with van der Waals surface area (Å²) in [4.78, 5) is 29.1. The second-order valence-corrected chi connectivity index (χ2v) is 7.59. The molecule has 3 saturated heterocycles. The average molecular weight is 353 g/mol. The van der Waals surface area contributed by atoms with Crippen molar-refractivity contribution in [3.05, 3.63) is 16.4 Å². The Balaban J connectivity index is 1.66. The van der Waals surface area contributed by atoms with E-state index in [1.807, 2.05) is 4.90 Å². The Kier molecular flexibility index (Phi) is 3.44. The lowest BCUT2D eigenvalue weighted by Crippen LogP contribution is -2.51. The van der Waals surface area contributed by atoms with E-state index in [-0.39, 0.29) is 29.6 Å². The maximum atomic E-state index is 12.9. The average Bonchev–Trinajstić information content (AvgIpc) is 3.22. The molecule has 0 saturated carbocycles. The number of rotatable bonds is 2. The summed E-state index contributed by atoms with van der Waals surface area (Å²) in [7, 11) is 0. The van der Waals surface area contributed by atoms with Gasteiger partial charge in [-0.3, -0.25) is 14.7 Å². The van der Waals surface area contributed by atoms with Gasteiger partial charge in [0.05, 0.1) is 35.8 Å². The molecule has 7 nitrogen and oxygen atoms in total. The van der Waals surface area contributed by atoms with Crippen molar-refractivity contribution in [2.75, 3.05) is 13.2 Å². The van der Waals surface area contributed by atoms with Crippen LogP contribution in [0.2, 0.25) is 5.02 Å². The highest BCUT2D eigenvalue weighted by molar-refractivity contribution is 6.34. The van der Waals surface area contributed by atoms with Gasteiger partial charge in [0.25, 0.3) is 5.91 Å². The lowest BCUT2D eigenvalue weighted by molar-refractivity contribution is -0.139. The number of H-pyrrole nitrogens is 1. The first kappa shape index (κ1) is 15.9. The number of ether oxygens (including phenoxy) is 1. The summed E-state index contributed by atoms with van der Waals surface area (Å²) in [6, 6.07) is -0.192. The van der Waals surface area contributed by atoms with Crippen molar-refractivity contribution in [3.63, 3.8) is 0 Å². The molecular formula is C16H21ClN4O3. The van der Waals surface area contributed by atoms with Crippen molar-refractivity contribution in [3.8, 4) is 0 Å². The van der Waals surface area contributed by atoms with Gasteiger partial charge in [-0.15, -0.1) is 0 Å². The third-order valence-corrected chi connectivity index (χ3v) is 6.06. The molecule has 1 spiro atoms. The number of halogens is 1. The van der Waals surface area contributed by atoms with Gasteiger partial charge in [0.15, 0.2) is 11.4 Å². The number of carbonyl (C=O) groups excluding carboxylic acids is 2. The number of aromatic nitrogens is 2. The minimum Gasteiger partial charge on any atom is -0.351 e. The molecule has 3 aliphatic rings. The predicted molar refractivity (Wildman–Crippen MR) is 86.5 cm³/mol. The van der Waals surface area contributed by atoms with Crippen LogP contribution in [-0.2, 0) is 9.53 Å². The van der Waals surface area contributed by atoms with Gasteiger partial charge in [0.2, 0.25) is 5.91 Å². The van der Waals surface area contributed by atoms with Gasteiger partial charge in [0, 0.05) is 13.0 Å². The van der Waals surface area contributed by atoms with E-state index in [0.29, 0.717) is 42.6 Å². The summed E-state index contributed by atoms with van der Waals surface area (Å²) >= 11 is 6.18. The Labute approximate surface area is 145 Å². The third-order valence-electron chi connectivity index (χ3n) is 5.59. The Morgan fingerprint density at radius 1 is 1.50 bits per heavy atom. The minimum absolute atomic E-state index is 0.0676. The smallest absolute Gasteiger partial charge is 0.276 e. The lowest BCUT2D eigenvalue weighted by atomic mass is 10.0. The van der Waals surface area contributed by atoms with E-state index in [0.717, 1.165) is 0 Å². The van der Waals surface area contributed by atoms with Crippen molar-refractivity contribution in [1.82, 2.24) is 20.0 Å². The van der Waals surface area contributed by atoms with Crippen LogP contribution in [0, 0.1) is 12.8 Å². The van der Waals surface area contributed by atoms with E-state index in [1.165, 1.54) is 0 Å². The van der Waals surface area contributed by atoms with Crippen LogP contribution >= 0.6 is 11.6 Å². The molecule has 0 radical (unpaired) electrons. The molecule has 4 rings (SSSR count). The van der Waals surface area contributed by atoms with Crippen LogP contribution in [0.3, 0.4) is 0 Å². The summed E-state index contributed by atoms with van der Waals surface area (Å²) in [5.74, 6) is 0.149. The molecule has 1 N–H and O–H groups in total. The molecule has 130 valence electrons. The Hall–Kier alpha value is -1.60. The predicted octanol–water partition coefficient (Wildman–Crippen LogP) is 1.57. The van der Waals surface area contributed by atoms with E-state index in [1.54, 1.807) is 11.8 Å². The number of aryl methyl sites for hydroxylation is 1. The number of likely N-dealkylation sites (tertiary alicyclic amines) is 1. The van der Waals surface area contributed by atoms with Crippen molar-refractivity contribution >= 4 is 23.4 Å². The summed E-state index contributed by atoms with van der Waals surface area (Å²) < 4.78 is 6.13. The van der Waals surface area contributed by atoms with Gasteiger partial charge in [-0.25, -0.2) is 0 Å². The standard InChI is InChI=1S/C16H21ClN4O3/c1-8(2)10-7-24-16-4-5-20(11(16)6-12(22)21(10)16)15(23)14-13(17)9(3)18-19-14/h8,10-11H,4-7H2,1-3H3,(H,18,19)/t10-,11+,16-/m0/s1. The Bertz CT molecular complexity index is 718. The zero-order valence-electron chi connectivity index (χ0n) is 14.0. The van der Waals surface area contributed by atoms with Gasteiger partial charge in [-0.2, -0.15) is 5.10 Å². The maximum absolute atomic E-state index is 12.9. The number of carbonyl (C=O) groups is 2. The molecule has 1 aromatic heterocycles. The third kappa shape index (κ3) is 1.91. The van der Waals surface area contributed by atoms with Crippen molar-refractivity contribution in [2.24, 2.45) is 5.92 Å². The topological polar surface area (TPSA) is 78.5 Å². The highest BCUT2D eigenvalue weighted by Crippen LogP contribution is 2.49. The van der Waals surface area contributed by atoms with Gasteiger partial charge >= 0.3 is 0 Å². The first-order valence-corrected chi connectivity index (χ1v) is 8.72. The number of hydrogen-bond donors (Lipinski definition) is 1. The highest BCUT2D eigenvalue weighted by Gasteiger charge is 2.65. The van der Waals surface area contributed by atoms with Crippen LogP contribution in [-0.4, -0.2) is 62.8 Å². The number of aromatic amines is 1. The summed E-state index contributed by atoms with van der Waals surface area (Å²) in [5, 5.41) is 7.11. The second kappa shape index (κ2) is 5.20. The van der Waals surface area contributed by atoms with E-state index in [2.05, 4.69) is 24.0 Å². The van der Waals surface area contributed by atoms with Gasteiger partial charge in [-0.1, -0.05) is 25.4 Å². The summed E-state index contributed by atoms with van der Waals surface area (Å²) in [6.07, 6.45) is 0.940. The largest absolute Gasteiger partial charge is 0.351 e. The van der Waals surface area contributed by atoms with E-state index in [9.17, 15) is 9.59 Å². The van der Waals surface area contributed by atoms with Crippen molar-refractivity contribution in [1.29, 1.82) is 0 Å². The minimum atomic E-state index is -0.667. The number of hydrogen-bond acceptors (Lipinski definition) is 4. The molecule has 2 amide bonds. The van der Waals surface area contributed by atoms with E-state index in [4.69, 9.17) is 16.3 Å². The molecule has 0 aromatic carbocycles. The molecule has 3 atom stereocenters. The molecule has 24 heavy (non-hydrogen) atoms. The van der Waals surface area contributed by atoms with Crippen LogP contribution in [0.15, 0.2) is 0 Å². The zero-order valence-corrected chi connectivity index (χ0v) is 14.8. The number of nitrogens with zero attached hydrogens (tertiary/aromatic N) is 3. The Morgan fingerprint density at radius 3 is 2.88 bits per heavy atom. The zero-order chi connectivity index (χ0) is 17.2. The fraction of sp³-hybridized carbons (Fsp3) is 0.688. The molecule has 3 aliphatic heterocycles. The Morgan fingerprint density at radius 2 is 2.25 bits per heavy atom. The summed E-state index contributed by atoms with van der Waals surface area (Å²) in [6.45, 7) is 7.03. The van der Waals surface area contributed by atoms with Gasteiger partial charge in [-0.05, 0) is 12.8 Å². The van der Waals surface area contributed by atoms with Crippen LogP contribution in [0.4, 0.5) is 0 Å². The van der Waals surface area contributed by atoms with E-state index >= 15 is 0 Å². The number of amides is 2. The molecular weight excluding hydrogens is 332 g/mol. The highest BCUT2D eigenvalue weighted by atomic mass is 35.5. The first-order chi connectivity index (χ1) is 11.4. The molecule has 4 heterocycles.